The number of aromatic nitrogens is 2. The predicted octanol–water partition coefficient (Wildman–Crippen LogP) is 1.70. The van der Waals surface area contributed by atoms with Crippen molar-refractivity contribution >= 4 is 11.8 Å². The molecule has 1 N–H and O–H groups in total. The highest BCUT2D eigenvalue weighted by Gasteiger charge is 2.19. The lowest BCUT2D eigenvalue weighted by Crippen LogP contribution is -2.20. The van der Waals surface area contributed by atoms with E-state index in [1.54, 1.807) is 0 Å². The smallest absolute Gasteiger partial charge is 0.158 e. The predicted molar refractivity (Wildman–Crippen MR) is 70.2 cm³/mol. The van der Waals surface area contributed by atoms with Crippen LogP contribution in [0.15, 0.2) is 6.20 Å². The van der Waals surface area contributed by atoms with Gasteiger partial charge in [-0.25, -0.2) is 9.97 Å². The minimum Gasteiger partial charge on any atom is -0.368 e. The molecule has 2 rings (SSSR count). The summed E-state index contributed by atoms with van der Waals surface area (Å²) in [7, 11) is 0. The summed E-state index contributed by atoms with van der Waals surface area (Å²) in [5, 5.41) is 3.30. The quantitative estimate of drug-likeness (QED) is 0.885. The summed E-state index contributed by atoms with van der Waals surface area (Å²) in [6, 6.07) is 0. The molecule has 4 nitrogen and oxygen atoms in total. The third kappa shape index (κ3) is 3.40. The molecule has 1 aromatic rings. The molecule has 5 heteroatoms. The summed E-state index contributed by atoms with van der Waals surface area (Å²) in [5.41, 5.74) is 2.22. The van der Waals surface area contributed by atoms with Crippen molar-refractivity contribution in [3.8, 4) is 0 Å². The molecule has 94 valence electrons. The Balaban J connectivity index is 2.11. The topological polar surface area (TPSA) is 47.0 Å². The van der Waals surface area contributed by atoms with Gasteiger partial charge in [0.25, 0.3) is 0 Å². The second-order valence-electron chi connectivity index (χ2n) is 4.07. The van der Waals surface area contributed by atoms with Crippen LogP contribution in [0.25, 0.3) is 0 Å². The molecule has 1 atom stereocenters. The Morgan fingerprint density at radius 1 is 1.59 bits per heavy atom. The van der Waals surface area contributed by atoms with Gasteiger partial charge in [0.05, 0.1) is 12.3 Å². The fourth-order valence-electron chi connectivity index (χ4n) is 1.71. The van der Waals surface area contributed by atoms with Crippen molar-refractivity contribution in [3.05, 3.63) is 23.3 Å². The zero-order valence-corrected chi connectivity index (χ0v) is 11.2. The van der Waals surface area contributed by atoms with Crippen molar-refractivity contribution in [2.45, 2.75) is 26.5 Å². The van der Waals surface area contributed by atoms with Crippen molar-refractivity contribution in [3.63, 3.8) is 0 Å². The zero-order chi connectivity index (χ0) is 12.1. The molecule has 0 saturated carbocycles. The largest absolute Gasteiger partial charge is 0.368 e. The van der Waals surface area contributed by atoms with Crippen molar-refractivity contribution < 1.29 is 4.74 Å². The highest BCUT2D eigenvalue weighted by atomic mass is 32.2. The minimum absolute atomic E-state index is 0.0646. The number of ether oxygens (including phenoxy) is 1. The molecule has 0 spiro atoms. The van der Waals surface area contributed by atoms with Gasteiger partial charge in [0.2, 0.25) is 0 Å². The molecule has 1 saturated heterocycles. The van der Waals surface area contributed by atoms with Gasteiger partial charge in [0, 0.05) is 24.2 Å². The molecule has 0 radical (unpaired) electrons. The number of hydrogen-bond acceptors (Lipinski definition) is 5. The van der Waals surface area contributed by atoms with E-state index in [9.17, 15) is 0 Å². The van der Waals surface area contributed by atoms with Crippen LogP contribution in [0.2, 0.25) is 0 Å². The molecule has 0 aromatic carbocycles. The van der Waals surface area contributed by atoms with E-state index in [1.807, 2.05) is 24.9 Å². The summed E-state index contributed by atoms with van der Waals surface area (Å²) < 4.78 is 5.70. The first-order valence-corrected chi connectivity index (χ1v) is 7.19. The van der Waals surface area contributed by atoms with Crippen LogP contribution in [0.5, 0.6) is 0 Å². The average molecular weight is 253 g/mol. The number of aryl methyl sites for hydroxylation is 1. The van der Waals surface area contributed by atoms with E-state index < -0.39 is 0 Å². The molecule has 1 aromatic heterocycles. The number of nitrogens with one attached hydrogen (secondary N) is 1. The van der Waals surface area contributed by atoms with Crippen LogP contribution in [0, 0.1) is 6.92 Å². The Labute approximate surface area is 107 Å². The first-order chi connectivity index (χ1) is 8.31. The van der Waals surface area contributed by atoms with Crippen LogP contribution in [0.3, 0.4) is 0 Å². The van der Waals surface area contributed by atoms with Crippen molar-refractivity contribution in [1.82, 2.24) is 15.3 Å². The second-order valence-corrected chi connectivity index (χ2v) is 5.22. The van der Waals surface area contributed by atoms with E-state index in [4.69, 9.17) is 4.74 Å². The number of nitrogens with zero attached hydrogens (tertiary/aromatic N) is 2. The average Bonchev–Trinajstić information content (AvgIpc) is 2.39. The molecule has 0 amide bonds. The highest BCUT2D eigenvalue weighted by Crippen LogP contribution is 2.24. The van der Waals surface area contributed by atoms with E-state index in [0.29, 0.717) is 0 Å². The maximum atomic E-state index is 5.70. The standard InChI is InChI=1S/C12H19N3OS/c1-3-13-7-10-9(2)6-14-12(15-10)11-8-17-5-4-16-11/h6,11,13H,3-5,7-8H2,1-2H3. The van der Waals surface area contributed by atoms with E-state index in [2.05, 4.69) is 22.2 Å². The van der Waals surface area contributed by atoms with Crippen LogP contribution in [-0.2, 0) is 11.3 Å². The van der Waals surface area contributed by atoms with E-state index in [0.717, 1.165) is 48.3 Å². The van der Waals surface area contributed by atoms with Crippen LogP contribution in [0.1, 0.15) is 30.1 Å². The normalized spacial score (nSPS) is 20.5. The molecule has 1 aliphatic rings. The van der Waals surface area contributed by atoms with Crippen molar-refractivity contribution in [2.75, 3.05) is 24.7 Å². The van der Waals surface area contributed by atoms with Gasteiger partial charge in [-0.3, -0.25) is 0 Å². The fourth-order valence-corrected chi connectivity index (χ4v) is 2.55. The highest BCUT2D eigenvalue weighted by molar-refractivity contribution is 7.99. The summed E-state index contributed by atoms with van der Waals surface area (Å²) in [5.74, 6) is 2.87. The monoisotopic (exact) mass is 253 g/mol. The van der Waals surface area contributed by atoms with Gasteiger partial charge in [-0.1, -0.05) is 6.92 Å². The number of rotatable bonds is 4. The van der Waals surface area contributed by atoms with E-state index in [-0.39, 0.29) is 6.10 Å². The Morgan fingerprint density at radius 2 is 2.47 bits per heavy atom. The fraction of sp³-hybridized carbons (Fsp3) is 0.667. The maximum absolute atomic E-state index is 5.70. The molecular weight excluding hydrogens is 234 g/mol. The van der Waals surface area contributed by atoms with E-state index >= 15 is 0 Å². The molecule has 17 heavy (non-hydrogen) atoms. The minimum atomic E-state index is 0.0646. The SMILES string of the molecule is CCNCc1nc(C2CSCCO2)ncc1C. The Hall–Kier alpha value is -0.650. The van der Waals surface area contributed by atoms with Crippen LogP contribution >= 0.6 is 11.8 Å². The van der Waals surface area contributed by atoms with Crippen molar-refractivity contribution in [2.24, 2.45) is 0 Å². The van der Waals surface area contributed by atoms with Gasteiger partial charge in [0.1, 0.15) is 6.10 Å². The molecule has 1 aliphatic heterocycles. The van der Waals surface area contributed by atoms with Crippen LogP contribution in [0.4, 0.5) is 0 Å². The number of thioether (sulfide) groups is 1. The third-order valence-electron chi connectivity index (χ3n) is 2.74. The van der Waals surface area contributed by atoms with Crippen LogP contribution < -0.4 is 5.32 Å². The maximum Gasteiger partial charge on any atom is 0.158 e. The lowest BCUT2D eigenvalue weighted by Gasteiger charge is -2.21. The first kappa shape index (κ1) is 12.8. The van der Waals surface area contributed by atoms with E-state index in [1.165, 1.54) is 0 Å². The summed E-state index contributed by atoms with van der Waals surface area (Å²) in [4.78, 5) is 9.01. The van der Waals surface area contributed by atoms with Gasteiger partial charge in [-0.2, -0.15) is 11.8 Å². The second kappa shape index (κ2) is 6.33. The molecular formula is C12H19N3OS. The molecule has 1 fully saturated rings. The third-order valence-corrected chi connectivity index (χ3v) is 3.74. The summed E-state index contributed by atoms with van der Waals surface area (Å²) in [6.07, 6.45) is 1.96. The number of hydrogen-bond donors (Lipinski definition) is 1. The van der Waals surface area contributed by atoms with Gasteiger partial charge >= 0.3 is 0 Å². The van der Waals surface area contributed by atoms with Crippen molar-refractivity contribution in [1.29, 1.82) is 0 Å². The van der Waals surface area contributed by atoms with Gasteiger partial charge < -0.3 is 10.1 Å². The Bertz CT molecular complexity index is 367. The summed E-state index contributed by atoms with van der Waals surface area (Å²) >= 11 is 1.91. The molecule has 2 heterocycles. The Morgan fingerprint density at radius 3 is 3.18 bits per heavy atom. The lowest BCUT2D eigenvalue weighted by atomic mass is 10.2. The molecule has 0 bridgehead atoms. The van der Waals surface area contributed by atoms with Crippen LogP contribution in [-0.4, -0.2) is 34.6 Å². The molecule has 0 aliphatic carbocycles. The lowest BCUT2D eigenvalue weighted by molar-refractivity contribution is 0.0692. The van der Waals surface area contributed by atoms with Gasteiger partial charge in [-0.05, 0) is 19.0 Å². The zero-order valence-electron chi connectivity index (χ0n) is 10.4. The molecule has 1 unspecified atom stereocenters. The first-order valence-electron chi connectivity index (χ1n) is 6.03. The van der Waals surface area contributed by atoms with Gasteiger partial charge in [-0.15, -0.1) is 0 Å². The van der Waals surface area contributed by atoms with Gasteiger partial charge in [0.15, 0.2) is 5.82 Å². The summed E-state index contributed by atoms with van der Waals surface area (Å²) in [6.45, 7) is 6.70. The Kier molecular flexibility index (Phi) is 4.76.